The van der Waals surface area contributed by atoms with Crippen LogP contribution in [0.25, 0.3) is 0 Å². The number of hydrogen-bond donors (Lipinski definition) is 1. The zero-order chi connectivity index (χ0) is 11.1. The molecule has 0 aromatic carbocycles. The maximum atomic E-state index is 11.6. The highest BCUT2D eigenvalue weighted by Gasteiger charge is 2.27. The molecule has 0 aliphatic heterocycles. The monoisotopic (exact) mass is 293 g/mol. The summed E-state index contributed by atoms with van der Waals surface area (Å²) in [6, 6.07) is 0.427. The predicted molar refractivity (Wildman–Crippen MR) is 70.7 cm³/mol. The zero-order valence-corrected chi connectivity index (χ0v) is 11.7. The van der Waals surface area contributed by atoms with Crippen molar-refractivity contribution < 1.29 is 4.79 Å². The fourth-order valence-corrected chi connectivity index (χ4v) is 3.36. The van der Waals surface area contributed by atoms with Gasteiger partial charge in [-0.05, 0) is 31.9 Å². The van der Waals surface area contributed by atoms with Gasteiger partial charge in [-0.3, -0.25) is 4.79 Å². The predicted octanol–water partition coefficient (Wildman–Crippen LogP) is 2.95. The molecule has 0 heterocycles. The lowest BCUT2D eigenvalue weighted by molar-refractivity contribution is -0.121. The van der Waals surface area contributed by atoms with Crippen LogP contribution in [0.2, 0.25) is 0 Å². The molecule has 2 nitrogen and oxygen atoms in total. The number of nitrogens with one attached hydrogen (secondary N) is 1. The number of carbonyl (C=O) groups is 1. The number of carbonyl (C=O) groups excluding carboxylic acids is 1. The maximum Gasteiger partial charge on any atom is 0.220 e. The van der Waals surface area contributed by atoms with Crippen molar-refractivity contribution in [3.8, 4) is 0 Å². The maximum absolute atomic E-state index is 11.6. The second kappa shape index (κ2) is 7.55. The van der Waals surface area contributed by atoms with E-state index in [0.29, 0.717) is 17.7 Å². The number of alkyl halides is 1. The molecule has 0 bridgehead atoms. The topological polar surface area (TPSA) is 29.1 Å². The van der Waals surface area contributed by atoms with Crippen LogP contribution >= 0.6 is 27.7 Å². The average molecular weight is 294 g/mol. The molecule has 1 fully saturated rings. The van der Waals surface area contributed by atoms with Gasteiger partial charge in [0.1, 0.15) is 0 Å². The first-order valence-corrected chi connectivity index (χ1v) is 8.07. The Hall–Kier alpha value is 0.300. The first-order chi connectivity index (χ1) is 7.27. The van der Waals surface area contributed by atoms with Crippen molar-refractivity contribution in [3.05, 3.63) is 0 Å². The SMILES string of the molecule is CSC1CCCC1NC(=O)CCCCBr. The molecule has 0 radical (unpaired) electrons. The third kappa shape index (κ3) is 4.77. The molecule has 1 amide bonds. The highest BCUT2D eigenvalue weighted by molar-refractivity contribution is 9.09. The zero-order valence-electron chi connectivity index (χ0n) is 9.30. The van der Waals surface area contributed by atoms with E-state index in [2.05, 4.69) is 27.5 Å². The van der Waals surface area contributed by atoms with Crippen molar-refractivity contribution in [1.82, 2.24) is 5.32 Å². The van der Waals surface area contributed by atoms with E-state index in [-0.39, 0.29) is 5.91 Å². The highest BCUT2D eigenvalue weighted by atomic mass is 79.9. The molecule has 1 rings (SSSR count). The van der Waals surface area contributed by atoms with Crippen molar-refractivity contribution >= 4 is 33.6 Å². The van der Waals surface area contributed by atoms with Gasteiger partial charge in [-0.15, -0.1) is 0 Å². The highest BCUT2D eigenvalue weighted by Crippen LogP contribution is 2.28. The van der Waals surface area contributed by atoms with Gasteiger partial charge in [0.15, 0.2) is 0 Å². The van der Waals surface area contributed by atoms with Gasteiger partial charge in [-0.25, -0.2) is 0 Å². The Labute approximate surface area is 105 Å². The molecular weight excluding hydrogens is 274 g/mol. The summed E-state index contributed by atoms with van der Waals surface area (Å²) in [5, 5.41) is 4.80. The third-order valence-corrected chi connectivity index (χ3v) is 4.62. The first-order valence-electron chi connectivity index (χ1n) is 5.66. The van der Waals surface area contributed by atoms with Crippen molar-refractivity contribution in [1.29, 1.82) is 0 Å². The molecule has 2 atom stereocenters. The second-order valence-corrected chi connectivity index (χ2v) is 5.90. The lowest BCUT2D eigenvalue weighted by Crippen LogP contribution is -2.38. The average Bonchev–Trinajstić information content (AvgIpc) is 2.65. The van der Waals surface area contributed by atoms with Gasteiger partial charge in [0, 0.05) is 23.0 Å². The van der Waals surface area contributed by atoms with Crippen LogP contribution in [0, 0.1) is 0 Å². The first kappa shape index (κ1) is 13.4. The van der Waals surface area contributed by atoms with E-state index < -0.39 is 0 Å². The second-order valence-electron chi connectivity index (χ2n) is 4.03. The molecule has 1 saturated carbocycles. The third-order valence-electron chi connectivity index (χ3n) is 2.89. The van der Waals surface area contributed by atoms with Crippen molar-refractivity contribution in [2.45, 2.75) is 49.8 Å². The van der Waals surface area contributed by atoms with E-state index in [0.717, 1.165) is 24.6 Å². The number of unbranched alkanes of at least 4 members (excludes halogenated alkanes) is 1. The summed E-state index contributed by atoms with van der Waals surface area (Å²) in [4.78, 5) is 11.6. The van der Waals surface area contributed by atoms with E-state index in [1.54, 1.807) is 0 Å². The Balaban J connectivity index is 2.19. The van der Waals surface area contributed by atoms with Crippen molar-refractivity contribution in [2.75, 3.05) is 11.6 Å². The lowest BCUT2D eigenvalue weighted by atomic mass is 10.2. The van der Waals surface area contributed by atoms with E-state index in [9.17, 15) is 4.79 Å². The minimum atomic E-state index is 0.238. The number of hydrogen-bond acceptors (Lipinski definition) is 2. The lowest BCUT2D eigenvalue weighted by Gasteiger charge is -2.19. The molecule has 2 unspecified atom stereocenters. The Morgan fingerprint density at radius 1 is 1.47 bits per heavy atom. The molecule has 4 heteroatoms. The summed E-state index contributed by atoms with van der Waals surface area (Å²) >= 11 is 5.26. The van der Waals surface area contributed by atoms with E-state index >= 15 is 0 Å². The van der Waals surface area contributed by atoms with Gasteiger partial charge in [0.25, 0.3) is 0 Å². The van der Waals surface area contributed by atoms with E-state index in [1.165, 1.54) is 12.8 Å². The number of thioether (sulfide) groups is 1. The summed E-state index contributed by atoms with van der Waals surface area (Å²) in [5.41, 5.74) is 0. The van der Waals surface area contributed by atoms with Crippen LogP contribution in [-0.4, -0.2) is 28.8 Å². The van der Waals surface area contributed by atoms with E-state index in [1.807, 2.05) is 11.8 Å². The Morgan fingerprint density at radius 3 is 2.93 bits per heavy atom. The van der Waals surface area contributed by atoms with Crippen LogP contribution in [0.15, 0.2) is 0 Å². The smallest absolute Gasteiger partial charge is 0.220 e. The van der Waals surface area contributed by atoms with Crippen molar-refractivity contribution in [2.24, 2.45) is 0 Å². The molecule has 1 aliphatic carbocycles. The minimum absolute atomic E-state index is 0.238. The van der Waals surface area contributed by atoms with Gasteiger partial charge < -0.3 is 5.32 Å². The van der Waals surface area contributed by atoms with E-state index in [4.69, 9.17) is 0 Å². The molecule has 0 aromatic heterocycles. The number of amides is 1. The molecule has 0 spiro atoms. The van der Waals surface area contributed by atoms with Crippen LogP contribution in [0.5, 0.6) is 0 Å². The van der Waals surface area contributed by atoms with Gasteiger partial charge in [-0.1, -0.05) is 22.4 Å². The molecule has 15 heavy (non-hydrogen) atoms. The fourth-order valence-electron chi connectivity index (χ4n) is 2.03. The minimum Gasteiger partial charge on any atom is -0.352 e. The standard InChI is InChI=1S/C11H20BrNOS/c1-15-10-6-4-5-9(10)13-11(14)7-2-3-8-12/h9-10H,2-8H2,1H3,(H,13,14). The Kier molecular flexibility index (Phi) is 6.73. The Morgan fingerprint density at radius 2 is 2.27 bits per heavy atom. The summed E-state index contributed by atoms with van der Waals surface area (Å²) in [7, 11) is 0. The van der Waals surface area contributed by atoms with Crippen LogP contribution in [-0.2, 0) is 4.79 Å². The van der Waals surface area contributed by atoms with Gasteiger partial charge in [0.2, 0.25) is 5.91 Å². The molecular formula is C11H20BrNOS. The van der Waals surface area contributed by atoms with Gasteiger partial charge in [-0.2, -0.15) is 11.8 Å². The van der Waals surface area contributed by atoms with Crippen LogP contribution in [0.4, 0.5) is 0 Å². The fraction of sp³-hybridized carbons (Fsp3) is 0.909. The van der Waals surface area contributed by atoms with Crippen molar-refractivity contribution in [3.63, 3.8) is 0 Å². The molecule has 0 aromatic rings. The van der Waals surface area contributed by atoms with Gasteiger partial charge in [0.05, 0.1) is 0 Å². The normalized spacial score (nSPS) is 25.5. The number of halogens is 1. The van der Waals surface area contributed by atoms with Gasteiger partial charge >= 0.3 is 0 Å². The van der Waals surface area contributed by atoms with Crippen LogP contribution in [0.1, 0.15) is 38.5 Å². The molecule has 0 saturated heterocycles. The van der Waals surface area contributed by atoms with Crippen LogP contribution in [0.3, 0.4) is 0 Å². The summed E-state index contributed by atoms with van der Waals surface area (Å²) < 4.78 is 0. The molecule has 88 valence electrons. The summed E-state index contributed by atoms with van der Waals surface area (Å²) in [6.45, 7) is 0. The summed E-state index contributed by atoms with van der Waals surface area (Å²) in [5.74, 6) is 0.238. The molecule has 1 N–H and O–H groups in total. The Bertz CT molecular complexity index is 201. The molecule has 1 aliphatic rings. The largest absolute Gasteiger partial charge is 0.352 e. The summed E-state index contributed by atoms with van der Waals surface area (Å²) in [6.07, 6.45) is 8.59. The number of rotatable bonds is 6. The van der Waals surface area contributed by atoms with Crippen LogP contribution < -0.4 is 5.32 Å². The quantitative estimate of drug-likeness (QED) is 0.603.